The summed E-state index contributed by atoms with van der Waals surface area (Å²) in [5, 5.41) is 1.33. The van der Waals surface area contributed by atoms with Gasteiger partial charge in [0.25, 0.3) is 0 Å². The lowest BCUT2D eigenvalue weighted by molar-refractivity contribution is 0.208. The highest BCUT2D eigenvalue weighted by Gasteiger charge is 2.22. The van der Waals surface area contributed by atoms with Crippen LogP contribution in [0.5, 0.6) is 0 Å². The standard InChI is InChI=1S/C20H29N3S/c1-16-6-8-17(9-7-16)10-11-22-12-14-23(15-13-22)20-18-4-2-3-5-19(18)24-21-20/h2-5,16-17H,6-15H2,1H3/t16-,17+. The quantitative estimate of drug-likeness (QED) is 0.806. The van der Waals surface area contributed by atoms with E-state index in [1.54, 1.807) is 11.5 Å². The van der Waals surface area contributed by atoms with E-state index in [2.05, 4.69) is 41.0 Å². The number of fused-ring (bicyclic) bond motifs is 1. The van der Waals surface area contributed by atoms with E-state index >= 15 is 0 Å². The van der Waals surface area contributed by atoms with Crippen molar-refractivity contribution in [3.8, 4) is 0 Å². The largest absolute Gasteiger partial charge is 0.353 e. The molecule has 2 fully saturated rings. The van der Waals surface area contributed by atoms with Gasteiger partial charge in [0.15, 0.2) is 0 Å². The Morgan fingerprint density at radius 3 is 2.58 bits per heavy atom. The van der Waals surface area contributed by atoms with E-state index in [4.69, 9.17) is 4.37 Å². The van der Waals surface area contributed by atoms with Crippen LogP contribution < -0.4 is 4.90 Å². The van der Waals surface area contributed by atoms with Gasteiger partial charge in [-0.1, -0.05) is 44.7 Å². The monoisotopic (exact) mass is 343 g/mol. The first-order valence-corrected chi connectivity index (χ1v) is 10.4. The smallest absolute Gasteiger partial charge is 0.150 e. The van der Waals surface area contributed by atoms with Gasteiger partial charge in [0.1, 0.15) is 5.82 Å². The molecule has 130 valence electrons. The molecule has 1 aliphatic carbocycles. The van der Waals surface area contributed by atoms with Gasteiger partial charge in [0, 0.05) is 31.6 Å². The van der Waals surface area contributed by atoms with Gasteiger partial charge in [-0.25, -0.2) is 0 Å². The number of hydrogen-bond acceptors (Lipinski definition) is 4. The van der Waals surface area contributed by atoms with E-state index in [0.29, 0.717) is 0 Å². The van der Waals surface area contributed by atoms with E-state index in [1.165, 1.54) is 67.6 Å². The molecule has 4 rings (SSSR count). The maximum Gasteiger partial charge on any atom is 0.150 e. The van der Waals surface area contributed by atoms with Crippen molar-refractivity contribution in [1.29, 1.82) is 0 Å². The topological polar surface area (TPSA) is 19.4 Å². The van der Waals surface area contributed by atoms with Crippen LogP contribution in [0.25, 0.3) is 10.1 Å². The van der Waals surface area contributed by atoms with E-state index in [9.17, 15) is 0 Å². The number of benzene rings is 1. The number of piperazine rings is 1. The SMILES string of the molecule is C[C@H]1CC[C@@H](CCN2CCN(c3nsc4ccccc34)CC2)CC1. The number of nitrogens with zero attached hydrogens (tertiary/aromatic N) is 3. The molecule has 0 unspecified atom stereocenters. The fourth-order valence-electron chi connectivity index (χ4n) is 4.27. The molecule has 1 saturated carbocycles. The highest BCUT2D eigenvalue weighted by atomic mass is 32.1. The normalized spacial score (nSPS) is 26.1. The maximum absolute atomic E-state index is 4.72. The molecule has 2 heterocycles. The number of aromatic nitrogens is 1. The summed E-state index contributed by atoms with van der Waals surface area (Å²) >= 11 is 1.63. The lowest BCUT2D eigenvalue weighted by Gasteiger charge is -2.36. The van der Waals surface area contributed by atoms with Gasteiger partial charge < -0.3 is 4.90 Å². The summed E-state index contributed by atoms with van der Waals surface area (Å²) < 4.78 is 6.03. The zero-order chi connectivity index (χ0) is 16.4. The summed E-state index contributed by atoms with van der Waals surface area (Å²) in [6.45, 7) is 8.33. The van der Waals surface area contributed by atoms with Crippen LogP contribution in [0.4, 0.5) is 5.82 Å². The first kappa shape index (κ1) is 16.3. The molecule has 1 aliphatic heterocycles. The van der Waals surface area contributed by atoms with Crippen LogP contribution in [-0.2, 0) is 0 Å². The summed E-state index contributed by atoms with van der Waals surface area (Å²) in [5.41, 5.74) is 0. The number of anilines is 1. The second-order valence-corrected chi connectivity index (χ2v) is 8.55. The molecular weight excluding hydrogens is 314 g/mol. The van der Waals surface area contributed by atoms with Crippen LogP contribution >= 0.6 is 11.5 Å². The Kier molecular flexibility index (Phi) is 5.04. The molecule has 0 N–H and O–H groups in total. The van der Waals surface area contributed by atoms with Gasteiger partial charge >= 0.3 is 0 Å². The van der Waals surface area contributed by atoms with Gasteiger partial charge in [-0.05, 0) is 48.5 Å². The Balaban J connectivity index is 1.27. The minimum atomic E-state index is 0.970. The van der Waals surface area contributed by atoms with Crippen LogP contribution in [0.1, 0.15) is 39.0 Å². The lowest BCUT2D eigenvalue weighted by atomic mass is 9.81. The molecule has 1 aromatic carbocycles. The summed E-state index contributed by atoms with van der Waals surface area (Å²) in [5.74, 6) is 3.16. The van der Waals surface area contributed by atoms with Crippen molar-refractivity contribution < 1.29 is 0 Å². The first-order chi connectivity index (χ1) is 11.8. The Labute approximate surface area is 149 Å². The molecule has 0 bridgehead atoms. The minimum Gasteiger partial charge on any atom is -0.353 e. The Morgan fingerprint density at radius 1 is 1.04 bits per heavy atom. The van der Waals surface area contributed by atoms with Crippen molar-refractivity contribution >= 4 is 27.4 Å². The molecule has 2 aromatic rings. The van der Waals surface area contributed by atoms with Gasteiger partial charge in [-0.15, -0.1) is 0 Å². The van der Waals surface area contributed by atoms with Crippen LogP contribution in [0.3, 0.4) is 0 Å². The highest BCUT2D eigenvalue weighted by Crippen LogP contribution is 2.31. The molecule has 24 heavy (non-hydrogen) atoms. The molecule has 0 spiro atoms. The van der Waals surface area contributed by atoms with Crippen molar-refractivity contribution in [2.45, 2.75) is 39.0 Å². The molecule has 3 nitrogen and oxygen atoms in total. The fraction of sp³-hybridized carbons (Fsp3) is 0.650. The molecule has 4 heteroatoms. The van der Waals surface area contributed by atoms with E-state index in [-0.39, 0.29) is 0 Å². The van der Waals surface area contributed by atoms with Crippen molar-refractivity contribution in [3.63, 3.8) is 0 Å². The predicted molar refractivity (Wildman–Crippen MR) is 104 cm³/mol. The van der Waals surface area contributed by atoms with Gasteiger partial charge in [-0.2, -0.15) is 4.37 Å². The summed E-state index contributed by atoms with van der Waals surface area (Å²) in [6.07, 6.45) is 7.24. The van der Waals surface area contributed by atoms with Gasteiger partial charge in [0.05, 0.1) is 4.70 Å². The average molecular weight is 344 g/mol. The van der Waals surface area contributed by atoms with Crippen molar-refractivity contribution in [3.05, 3.63) is 24.3 Å². The Hall–Kier alpha value is -1.13. The van der Waals surface area contributed by atoms with Gasteiger partial charge in [0.2, 0.25) is 0 Å². The number of rotatable bonds is 4. The van der Waals surface area contributed by atoms with Crippen molar-refractivity contribution in [2.24, 2.45) is 11.8 Å². The van der Waals surface area contributed by atoms with Crippen LogP contribution in [0.15, 0.2) is 24.3 Å². The van der Waals surface area contributed by atoms with Crippen LogP contribution in [-0.4, -0.2) is 42.0 Å². The summed E-state index contributed by atoms with van der Waals surface area (Å²) in [7, 11) is 0. The summed E-state index contributed by atoms with van der Waals surface area (Å²) in [4.78, 5) is 5.15. The maximum atomic E-state index is 4.72. The zero-order valence-corrected chi connectivity index (χ0v) is 15.6. The third-order valence-corrected chi connectivity index (χ3v) is 6.84. The van der Waals surface area contributed by atoms with Crippen molar-refractivity contribution in [1.82, 2.24) is 9.27 Å². The van der Waals surface area contributed by atoms with E-state index in [0.717, 1.165) is 24.9 Å². The third kappa shape index (κ3) is 3.60. The minimum absolute atomic E-state index is 0.970. The van der Waals surface area contributed by atoms with Gasteiger partial charge in [-0.3, -0.25) is 4.90 Å². The molecule has 0 atom stereocenters. The van der Waals surface area contributed by atoms with Crippen LogP contribution in [0.2, 0.25) is 0 Å². The van der Waals surface area contributed by atoms with E-state index in [1.807, 2.05) is 0 Å². The molecule has 0 amide bonds. The second kappa shape index (κ2) is 7.40. The molecule has 1 saturated heterocycles. The Morgan fingerprint density at radius 2 is 1.79 bits per heavy atom. The zero-order valence-electron chi connectivity index (χ0n) is 14.8. The second-order valence-electron chi connectivity index (χ2n) is 7.75. The Bertz CT molecular complexity index is 652. The number of hydrogen-bond donors (Lipinski definition) is 0. The van der Waals surface area contributed by atoms with Crippen molar-refractivity contribution in [2.75, 3.05) is 37.6 Å². The average Bonchev–Trinajstić information content (AvgIpc) is 3.06. The predicted octanol–water partition coefficient (Wildman–Crippen LogP) is 4.63. The molecule has 0 radical (unpaired) electrons. The lowest BCUT2D eigenvalue weighted by Crippen LogP contribution is -2.47. The fourth-order valence-corrected chi connectivity index (χ4v) is 5.06. The first-order valence-electron chi connectivity index (χ1n) is 9.61. The molecule has 1 aromatic heterocycles. The third-order valence-electron chi connectivity index (χ3n) is 6.02. The molecule has 2 aliphatic rings. The highest BCUT2D eigenvalue weighted by molar-refractivity contribution is 7.13. The van der Waals surface area contributed by atoms with E-state index < -0.39 is 0 Å². The summed E-state index contributed by atoms with van der Waals surface area (Å²) in [6, 6.07) is 8.62. The van der Waals surface area contributed by atoms with Crippen LogP contribution in [0, 0.1) is 11.8 Å². The molecular formula is C20H29N3S.